The van der Waals surface area contributed by atoms with Gasteiger partial charge in [-0.3, -0.25) is 9.59 Å². The summed E-state index contributed by atoms with van der Waals surface area (Å²) in [6.45, 7) is 1.08. The number of piperazine rings is 1. The standard InChI is InChI=1S/C23H22F3N5O3/c24-23(25,26)19-13-17(15-5-2-1-3-6-15)28-20-16(14-27-31(19)20)21(32)29-8-10-30(11-9-29)22(33)18-7-4-12-34-18/h1-7,12,14,17,19,28H,8-11,13H2. The first-order chi connectivity index (χ1) is 16.3. The average Bonchev–Trinajstić information content (AvgIpc) is 3.53. The summed E-state index contributed by atoms with van der Waals surface area (Å²) in [6.07, 6.45) is -2.14. The molecule has 34 heavy (non-hydrogen) atoms. The number of carbonyl (C=O) groups excluding carboxylic acids is 2. The van der Waals surface area contributed by atoms with E-state index >= 15 is 0 Å². The van der Waals surface area contributed by atoms with Crippen molar-refractivity contribution in [2.45, 2.75) is 24.7 Å². The molecular formula is C23H22F3N5O3. The number of aromatic nitrogens is 2. The van der Waals surface area contributed by atoms with E-state index in [9.17, 15) is 22.8 Å². The maximum absolute atomic E-state index is 13.9. The molecule has 2 aliphatic heterocycles. The van der Waals surface area contributed by atoms with E-state index in [-0.39, 0.29) is 42.6 Å². The van der Waals surface area contributed by atoms with E-state index in [1.165, 1.54) is 17.4 Å². The van der Waals surface area contributed by atoms with E-state index in [2.05, 4.69) is 10.4 Å². The van der Waals surface area contributed by atoms with Gasteiger partial charge in [0.2, 0.25) is 0 Å². The molecule has 0 radical (unpaired) electrons. The van der Waals surface area contributed by atoms with Gasteiger partial charge in [0.1, 0.15) is 11.4 Å². The number of rotatable bonds is 3. The molecule has 2 unspecified atom stereocenters. The summed E-state index contributed by atoms with van der Waals surface area (Å²) in [5, 5.41) is 7.04. The molecule has 5 rings (SSSR count). The van der Waals surface area contributed by atoms with Gasteiger partial charge in [0.25, 0.3) is 11.8 Å². The van der Waals surface area contributed by atoms with Crippen LogP contribution in [0.2, 0.25) is 0 Å². The highest BCUT2D eigenvalue weighted by Gasteiger charge is 2.47. The summed E-state index contributed by atoms with van der Waals surface area (Å²) in [4.78, 5) is 28.8. The summed E-state index contributed by atoms with van der Waals surface area (Å²) in [5.41, 5.74) is 0.786. The van der Waals surface area contributed by atoms with Crippen molar-refractivity contribution < 1.29 is 27.2 Å². The molecule has 2 aromatic heterocycles. The van der Waals surface area contributed by atoms with Gasteiger partial charge in [0, 0.05) is 32.6 Å². The SMILES string of the molecule is O=C(c1ccco1)N1CCN(C(=O)c2cnn3c2NC(c2ccccc2)CC3C(F)(F)F)CC1. The van der Waals surface area contributed by atoms with Gasteiger partial charge in [-0.2, -0.15) is 18.3 Å². The number of nitrogens with zero attached hydrogens (tertiary/aromatic N) is 4. The monoisotopic (exact) mass is 473 g/mol. The number of amides is 2. The van der Waals surface area contributed by atoms with Crippen LogP contribution >= 0.6 is 0 Å². The Hall–Kier alpha value is -3.76. The quantitative estimate of drug-likeness (QED) is 0.627. The predicted molar refractivity (Wildman–Crippen MR) is 115 cm³/mol. The maximum atomic E-state index is 13.9. The summed E-state index contributed by atoms with van der Waals surface area (Å²) < 4.78 is 47.7. The lowest BCUT2D eigenvalue weighted by molar-refractivity contribution is -0.173. The molecule has 0 saturated carbocycles. The van der Waals surface area contributed by atoms with Crippen molar-refractivity contribution >= 4 is 17.6 Å². The van der Waals surface area contributed by atoms with Gasteiger partial charge in [0.05, 0.1) is 18.5 Å². The van der Waals surface area contributed by atoms with Crippen LogP contribution in [-0.2, 0) is 0 Å². The molecule has 11 heteroatoms. The topological polar surface area (TPSA) is 83.6 Å². The zero-order valence-electron chi connectivity index (χ0n) is 18.0. The van der Waals surface area contributed by atoms with Crippen molar-refractivity contribution in [1.29, 1.82) is 0 Å². The van der Waals surface area contributed by atoms with Gasteiger partial charge in [-0.05, 0) is 17.7 Å². The highest BCUT2D eigenvalue weighted by Crippen LogP contribution is 2.44. The molecule has 178 valence electrons. The van der Waals surface area contributed by atoms with Crippen LogP contribution in [0.4, 0.5) is 19.0 Å². The van der Waals surface area contributed by atoms with Crippen LogP contribution in [0.5, 0.6) is 0 Å². The fourth-order valence-electron chi connectivity index (χ4n) is 4.46. The molecule has 1 aromatic carbocycles. The van der Waals surface area contributed by atoms with Gasteiger partial charge in [-0.15, -0.1) is 0 Å². The molecule has 2 amide bonds. The zero-order chi connectivity index (χ0) is 23.9. The number of fused-ring (bicyclic) bond motifs is 1. The normalized spacial score (nSPS) is 20.6. The number of halogens is 3. The number of hydrogen-bond donors (Lipinski definition) is 1. The zero-order valence-corrected chi connectivity index (χ0v) is 18.0. The molecule has 1 fully saturated rings. The lowest BCUT2D eigenvalue weighted by Crippen LogP contribution is -2.50. The van der Waals surface area contributed by atoms with Crippen molar-refractivity contribution in [3.05, 3.63) is 71.8 Å². The fourth-order valence-corrected chi connectivity index (χ4v) is 4.46. The number of anilines is 1. The molecule has 0 spiro atoms. The van der Waals surface area contributed by atoms with Gasteiger partial charge < -0.3 is 19.5 Å². The van der Waals surface area contributed by atoms with Crippen LogP contribution in [0, 0.1) is 0 Å². The number of furan rings is 1. The first kappa shape index (κ1) is 22.1. The van der Waals surface area contributed by atoms with Crippen molar-refractivity contribution in [2.24, 2.45) is 0 Å². The molecule has 2 aliphatic rings. The lowest BCUT2D eigenvalue weighted by atomic mass is 9.96. The van der Waals surface area contributed by atoms with Crippen LogP contribution < -0.4 is 5.32 Å². The minimum Gasteiger partial charge on any atom is -0.459 e. The highest BCUT2D eigenvalue weighted by molar-refractivity contribution is 5.99. The van der Waals surface area contributed by atoms with Gasteiger partial charge >= 0.3 is 6.18 Å². The van der Waals surface area contributed by atoms with Gasteiger partial charge in [-0.25, -0.2) is 4.68 Å². The number of benzene rings is 1. The lowest BCUT2D eigenvalue weighted by Gasteiger charge is -2.36. The first-order valence-corrected chi connectivity index (χ1v) is 10.9. The van der Waals surface area contributed by atoms with Crippen LogP contribution in [0.25, 0.3) is 0 Å². The average molecular weight is 473 g/mol. The van der Waals surface area contributed by atoms with Crippen LogP contribution in [0.1, 0.15) is 45.0 Å². The number of nitrogens with one attached hydrogen (secondary N) is 1. The second-order valence-electron chi connectivity index (χ2n) is 8.31. The summed E-state index contributed by atoms with van der Waals surface area (Å²) in [7, 11) is 0. The fraction of sp³-hybridized carbons (Fsp3) is 0.348. The number of hydrogen-bond acceptors (Lipinski definition) is 5. The third kappa shape index (κ3) is 4.02. The smallest absolute Gasteiger partial charge is 0.410 e. The summed E-state index contributed by atoms with van der Waals surface area (Å²) >= 11 is 0. The molecular weight excluding hydrogens is 451 g/mol. The molecule has 4 heterocycles. The Balaban J connectivity index is 1.36. The summed E-state index contributed by atoms with van der Waals surface area (Å²) in [5.74, 6) is -0.407. The minimum absolute atomic E-state index is 0.0570. The van der Waals surface area contributed by atoms with Crippen LogP contribution in [0.3, 0.4) is 0 Å². The van der Waals surface area contributed by atoms with Crippen molar-refractivity contribution in [2.75, 3.05) is 31.5 Å². The number of carbonyl (C=O) groups is 2. The van der Waals surface area contributed by atoms with Gasteiger partial charge in [-0.1, -0.05) is 30.3 Å². The van der Waals surface area contributed by atoms with E-state index < -0.39 is 24.2 Å². The molecule has 2 atom stereocenters. The van der Waals surface area contributed by atoms with Crippen molar-refractivity contribution in [3.8, 4) is 0 Å². The van der Waals surface area contributed by atoms with E-state index in [1.54, 1.807) is 47.4 Å². The Morgan fingerprint density at radius 3 is 2.26 bits per heavy atom. The third-order valence-corrected chi connectivity index (χ3v) is 6.26. The Labute approximate surface area is 192 Å². The minimum atomic E-state index is -4.52. The van der Waals surface area contributed by atoms with E-state index in [4.69, 9.17) is 4.42 Å². The molecule has 3 aromatic rings. The van der Waals surface area contributed by atoms with E-state index in [0.717, 1.165) is 4.68 Å². The Bertz CT molecular complexity index is 1170. The third-order valence-electron chi connectivity index (χ3n) is 6.26. The number of alkyl halides is 3. The van der Waals surface area contributed by atoms with Gasteiger partial charge in [0.15, 0.2) is 11.8 Å². The molecule has 0 aliphatic carbocycles. The molecule has 1 N–H and O–H groups in total. The Kier molecular flexibility index (Phi) is 5.54. The van der Waals surface area contributed by atoms with E-state index in [1.807, 2.05) is 0 Å². The first-order valence-electron chi connectivity index (χ1n) is 10.9. The highest BCUT2D eigenvalue weighted by atomic mass is 19.4. The molecule has 1 saturated heterocycles. The second-order valence-corrected chi connectivity index (χ2v) is 8.31. The second kappa shape index (κ2) is 8.54. The van der Waals surface area contributed by atoms with Crippen molar-refractivity contribution in [1.82, 2.24) is 19.6 Å². The van der Waals surface area contributed by atoms with Crippen LogP contribution in [-0.4, -0.2) is 63.7 Å². The largest absolute Gasteiger partial charge is 0.459 e. The summed E-state index contributed by atoms with van der Waals surface area (Å²) in [6, 6.07) is 9.57. The Morgan fingerprint density at radius 2 is 1.65 bits per heavy atom. The predicted octanol–water partition coefficient (Wildman–Crippen LogP) is 3.73. The van der Waals surface area contributed by atoms with E-state index in [0.29, 0.717) is 18.7 Å². The maximum Gasteiger partial charge on any atom is 0.410 e. The Morgan fingerprint density at radius 1 is 0.971 bits per heavy atom. The van der Waals surface area contributed by atoms with Crippen molar-refractivity contribution in [3.63, 3.8) is 0 Å². The van der Waals surface area contributed by atoms with Crippen LogP contribution in [0.15, 0.2) is 59.3 Å². The molecule has 8 nitrogen and oxygen atoms in total. The molecule has 0 bridgehead atoms.